The van der Waals surface area contributed by atoms with Gasteiger partial charge < -0.3 is 0 Å². The molecular weight excluding hydrogens is 340 g/mol. The van der Waals surface area contributed by atoms with E-state index in [4.69, 9.17) is 0 Å². The first kappa shape index (κ1) is 14.6. The van der Waals surface area contributed by atoms with E-state index < -0.39 is 0 Å². The molecule has 0 bridgehead atoms. The van der Waals surface area contributed by atoms with E-state index in [2.05, 4.69) is 88.9 Å². The fourth-order valence-electron chi connectivity index (χ4n) is 2.43. The van der Waals surface area contributed by atoms with E-state index in [9.17, 15) is 0 Å². The van der Waals surface area contributed by atoms with Crippen molar-refractivity contribution in [2.75, 3.05) is 0 Å². The lowest BCUT2D eigenvalue weighted by Crippen LogP contribution is -1.93. The molecule has 3 rings (SSSR count). The molecule has 1 heterocycles. The van der Waals surface area contributed by atoms with Crippen LogP contribution in [0.4, 0.5) is 0 Å². The summed E-state index contributed by atoms with van der Waals surface area (Å²) in [4.78, 5) is 1.69. The first-order chi connectivity index (χ1) is 10.2. The van der Waals surface area contributed by atoms with Crippen molar-refractivity contribution in [3.63, 3.8) is 0 Å². The van der Waals surface area contributed by atoms with Crippen molar-refractivity contribution in [3.05, 3.63) is 93.2 Å². The predicted octanol–water partition coefficient (Wildman–Crippen LogP) is 6.13. The van der Waals surface area contributed by atoms with Crippen molar-refractivity contribution < 1.29 is 0 Å². The lowest BCUT2D eigenvalue weighted by atomic mass is 10.0. The molecule has 0 aliphatic heterocycles. The summed E-state index contributed by atoms with van der Waals surface area (Å²) in [5.41, 5.74) is 5.38. The maximum atomic E-state index is 3.83. The summed E-state index contributed by atoms with van der Waals surface area (Å²) in [6.07, 6.45) is 0.992. The van der Waals surface area contributed by atoms with E-state index in [1.54, 1.807) is 0 Å². The maximum Gasteiger partial charge on any atom is 0.0740 e. The molecule has 2 aromatic carbocycles. The Hall–Kier alpha value is -1.38. The van der Waals surface area contributed by atoms with E-state index in [1.807, 2.05) is 11.3 Å². The Bertz CT molecular complexity index is 698. The van der Waals surface area contributed by atoms with Gasteiger partial charge in [-0.15, -0.1) is 11.3 Å². The van der Waals surface area contributed by atoms with E-state index in [-0.39, 0.29) is 0 Å². The number of hydrogen-bond donors (Lipinski definition) is 0. The van der Waals surface area contributed by atoms with E-state index >= 15 is 0 Å². The van der Waals surface area contributed by atoms with Gasteiger partial charge in [0, 0.05) is 4.88 Å². The van der Waals surface area contributed by atoms with Crippen molar-refractivity contribution >= 4 is 27.3 Å². The van der Waals surface area contributed by atoms with Gasteiger partial charge in [-0.3, -0.25) is 0 Å². The molecule has 0 aliphatic carbocycles. The summed E-state index contributed by atoms with van der Waals surface area (Å²) >= 11 is 5.64. The Balaban J connectivity index is 1.77. The second-order valence-electron chi connectivity index (χ2n) is 5.23. The minimum atomic E-state index is 0.295. The van der Waals surface area contributed by atoms with Crippen LogP contribution in [0.25, 0.3) is 0 Å². The number of benzene rings is 2. The van der Waals surface area contributed by atoms with Crippen LogP contribution in [0.15, 0.2) is 66.0 Å². The minimum Gasteiger partial charge on any atom is -0.147 e. The predicted molar refractivity (Wildman–Crippen MR) is 95.5 cm³/mol. The average molecular weight is 357 g/mol. The van der Waals surface area contributed by atoms with Gasteiger partial charge in [0.05, 0.1) is 4.83 Å². The normalized spacial score (nSPS) is 12.3. The first-order valence-corrected chi connectivity index (χ1v) is 8.84. The Kier molecular flexibility index (Phi) is 4.57. The lowest BCUT2D eigenvalue weighted by Gasteiger charge is -2.11. The number of aryl methyl sites for hydroxylation is 1. The Morgan fingerprint density at radius 2 is 1.57 bits per heavy atom. The standard InChI is InChI=1S/C19H17BrS/c1-14-11-12-21-19(14)18(20)17-9-7-16(8-10-17)13-15-5-3-2-4-6-15/h2-12,18H,13H2,1H3. The topological polar surface area (TPSA) is 0 Å². The summed E-state index contributed by atoms with van der Waals surface area (Å²) < 4.78 is 0. The minimum absolute atomic E-state index is 0.295. The highest BCUT2D eigenvalue weighted by molar-refractivity contribution is 9.09. The van der Waals surface area contributed by atoms with Gasteiger partial charge in [0.15, 0.2) is 0 Å². The Labute approximate surface area is 138 Å². The third-order valence-corrected chi connectivity index (χ3v) is 6.03. The number of rotatable bonds is 4. The summed E-state index contributed by atoms with van der Waals surface area (Å²) in [6.45, 7) is 2.17. The Morgan fingerprint density at radius 1 is 0.905 bits per heavy atom. The third-order valence-electron chi connectivity index (χ3n) is 3.66. The van der Waals surface area contributed by atoms with Gasteiger partial charge in [0.1, 0.15) is 0 Å². The molecule has 0 spiro atoms. The van der Waals surface area contributed by atoms with Crippen LogP contribution in [0.5, 0.6) is 0 Å². The number of alkyl halides is 1. The van der Waals surface area contributed by atoms with Crippen LogP contribution in [0.2, 0.25) is 0 Å². The molecule has 0 fully saturated rings. The van der Waals surface area contributed by atoms with Gasteiger partial charge >= 0.3 is 0 Å². The molecule has 2 heteroatoms. The van der Waals surface area contributed by atoms with Crippen LogP contribution in [0.1, 0.15) is 32.0 Å². The fraction of sp³-hybridized carbons (Fsp3) is 0.158. The van der Waals surface area contributed by atoms with Crippen LogP contribution in [-0.4, -0.2) is 0 Å². The quantitative estimate of drug-likeness (QED) is 0.493. The molecule has 0 N–H and O–H groups in total. The van der Waals surface area contributed by atoms with E-state index in [1.165, 1.54) is 27.1 Å². The number of hydrogen-bond acceptors (Lipinski definition) is 1. The summed E-state index contributed by atoms with van der Waals surface area (Å²) in [5, 5.41) is 2.16. The molecule has 0 radical (unpaired) electrons. The van der Waals surface area contributed by atoms with Crippen molar-refractivity contribution in [1.82, 2.24) is 0 Å². The summed E-state index contributed by atoms with van der Waals surface area (Å²) in [5.74, 6) is 0. The first-order valence-electron chi connectivity index (χ1n) is 7.05. The van der Waals surface area contributed by atoms with Crippen molar-refractivity contribution in [3.8, 4) is 0 Å². The monoisotopic (exact) mass is 356 g/mol. The average Bonchev–Trinajstić information content (AvgIpc) is 2.94. The van der Waals surface area contributed by atoms with Gasteiger partial charge in [0.2, 0.25) is 0 Å². The molecule has 3 aromatic rings. The molecular formula is C19H17BrS. The van der Waals surface area contributed by atoms with Gasteiger partial charge in [-0.05, 0) is 47.0 Å². The third kappa shape index (κ3) is 3.45. The van der Waals surface area contributed by atoms with Crippen LogP contribution in [0, 0.1) is 6.92 Å². The molecule has 0 saturated heterocycles. The SMILES string of the molecule is Cc1ccsc1C(Br)c1ccc(Cc2ccccc2)cc1. The van der Waals surface area contributed by atoms with Crippen molar-refractivity contribution in [2.24, 2.45) is 0 Å². The molecule has 0 aliphatic rings. The molecule has 21 heavy (non-hydrogen) atoms. The van der Waals surface area contributed by atoms with Crippen molar-refractivity contribution in [1.29, 1.82) is 0 Å². The summed E-state index contributed by atoms with van der Waals surface area (Å²) in [7, 11) is 0. The Morgan fingerprint density at radius 3 is 2.19 bits per heavy atom. The number of thiophene rings is 1. The molecule has 106 valence electrons. The lowest BCUT2D eigenvalue weighted by molar-refractivity contribution is 1.15. The van der Waals surface area contributed by atoms with Gasteiger partial charge in [-0.25, -0.2) is 0 Å². The molecule has 0 amide bonds. The fourth-order valence-corrected chi connectivity index (χ4v) is 4.35. The smallest absolute Gasteiger partial charge is 0.0740 e. The molecule has 1 atom stereocenters. The van der Waals surface area contributed by atoms with Crippen molar-refractivity contribution in [2.45, 2.75) is 18.2 Å². The van der Waals surface area contributed by atoms with Crippen LogP contribution in [-0.2, 0) is 6.42 Å². The number of halogens is 1. The second kappa shape index (κ2) is 6.59. The maximum absolute atomic E-state index is 3.83. The highest BCUT2D eigenvalue weighted by atomic mass is 79.9. The zero-order chi connectivity index (χ0) is 14.7. The van der Waals surface area contributed by atoms with E-state index in [0.29, 0.717) is 4.83 Å². The zero-order valence-corrected chi connectivity index (χ0v) is 14.3. The molecule has 1 unspecified atom stereocenters. The largest absolute Gasteiger partial charge is 0.147 e. The highest BCUT2D eigenvalue weighted by Gasteiger charge is 2.13. The molecule has 0 nitrogen and oxygen atoms in total. The molecule has 1 aromatic heterocycles. The van der Waals surface area contributed by atoms with Crippen LogP contribution < -0.4 is 0 Å². The van der Waals surface area contributed by atoms with Gasteiger partial charge in [0.25, 0.3) is 0 Å². The van der Waals surface area contributed by atoms with Gasteiger partial charge in [-0.2, -0.15) is 0 Å². The van der Waals surface area contributed by atoms with Crippen LogP contribution >= 0.6 is 27.3 Å². The second-order valence-corrected chi connectivity index (χ2v) is 7.10. The highest BCUT2D eigenvalue weighted by Crippen LogP contribution is 2.36. The molecule has 0 saturated carbocycles. The van der Waals surface area contributed by atoms with E-state index in [0.717, 1.165) is 6.42 Å². The van der Waals surface area contributed by atoms with Crippen LogP contribution in [0.3, 0.4) is 0 Å². The zero-order valence-electron chi connectivity index (χ0n) is 11.9. The van der Waals surface area contributed by atoms with Gasteiger partial charge in [-0.1, -0.05) is 70.5 Å². The summed E-state index contributed by atoms with van der Waals surface area (Å²) in [6, 6.07) is 21.7.